The Balaban J connectivity index is 2.61. The first-order chi connectivity index (χ1) is 8.69. The summed E-state index contributed by atoms with van der Waals surface area (Å²) in [6.07, 6.45) is 0.660. The van der Waals surface area contributed by atoms with E-state index in [9.17, 15) is 0 Å². The van der Waals surface area contributed by atoms with Crippen molar-refractivity contribution in [2.75, 3.05) is 13.1 Å². The van der Waals surface area contributed by atoms with E-state index in [0.29, 0.717) is 35.1 Å². The van der Waals surface area contributed by atoms with Gasteiger partial charge in [-0.3, -0.25) is 5.32 Å². The fourth-order valence-electron chi connectivity index (χ4n) is 1.40. The van der Waals surface area contributed by atoms with Gasteiger partial charge in [0.2, 0.25) is 0 Å². The van der Waals surface area contributed by atoms with Crippen molar-refractivity contribution >= 4 is 23.2 Å². The molecule has 0 radical (unpaired) electrons. The molecule has 1 aromatic carbocycles. The first-order valence-electron chi connectivity index (χ1n) is 5.28. The molecule has 1 N–H and O–H groups in total. The number of nitriles is 1. The van der Waals surface area contributed by atoms with Gasteiger partial charge in [-0.1, -0.05) is 34.4 Å². The third-order valence-electron chi connectivity index (χ3n) is 2.25. The van der Waals surface area contributed by atoms with E-state index in [1.54, 1.807) is 18.2 Å². The second kappa shape index (κ2) is 7.80. The van der Waals surface area contributed by atoms with Gasteiger partial charge in [0, 0.05) is 27.1 Å². The predicted molar refractivity (Wildman–Crippen MR) is 71.4 cm³/mol. The molecule has 1 rings (SSSR count). The Hall–Kier alpha value is -1.44. The van der Waals surface area contributed by atoms with Crippen LogP contribution in [0.3, 0.4) is 0 Å². The summed E-state index contributed by atoms with van der Waals surface area (Å²) in [6, 6.07) is 6.64. The molecule has 1 atom stereocenters. The molecule has 0 aromatic heterocycles. The van der Waals surface area contributed by atoms with Crippen LogP contribution in [0.25, 0.3) is 10.4 Å². The minimum absolute atomic E-state index is 0.399. The minimum Gasteiger partial charge on any atom is -0.298 e. The van der Waals surface area contributed by atoms with Crippen molar-refractivity contribution in [3.8, 4) is 6.07 Å². The van der Waals surface area contributed by atoms with E-state index in [-0.39, 0.29) is 0 Å². The maximum absolute atomic E-state index is 9.09. The zero-order valence-electron chi connectivity index (χ0n) is 9.48. The van der Waals surface area contributed by atoms with Gasteiger partial charge in [-0.15, -0.1) is 0 Å². The van der Waals surface area contributed by atoms with Crippen LogP contribution < -0.4 is 5.32 Å². The predicted octanol–water partition coefficient (Wildman–Crippen LogP) is 3.85. The van der Waals surface area contributed by atoms with Crippen LogP contribution in [0.15, 0.2) is 23.3 Å². The Morgan fingerprint density at radius 1 is 1.50 bits per heavy atom. The van der Waals surface area contributed by atoms with Crippen LogP contribution in [0, 0.1) is 11.3 Å². The van der Waals surface area contributed by atoms with E-state index in [1.165, 1.54) is 0 Å². The number of halogens is 2. The quantitative estimate of drug-likeness (QED) is 0.372. The normalized spacial score (nSPS) is 11.4. The number of benzene rings is 1. The van der Waals surface area contributed by atoms with Crippen LogP contribution >= 0.6 is 23.2 Å². The van der Waals surface area contributed by atoms with Crippen molar-refractivity contribution in [3.63, 3.8) is 0 Å². The summed E-state index contributed by atoms with van der Waals surface area (Å²) in [4.78, 5) is 2.65. The van der Waals surface area contributed by atoms with E-state index in [4.69, 9.17) is 34.0 Å². The molecule has 0 amide bonds. The maximum Gasteiger partial charge on any atom is 0.122 e. The number of rotatable bonds is 6. The monoisotopic (exact) mass is 283 g/mol. The van der Waals surface area contributed by atoms with Crippen LogP contribution in [0.2, 0.25) is 10.0 Å². The molecule has 0 aliphatic carbocycles. The summed E-state index contributed by atoms with van der Waals surface area (Å²) in [6.45, 7) is 0.964. The molecule has 0 saturated heterocycles. The highest BCUT2D eigenvalue weighted by Gasteiger charge is 2.13. The van der Waals surface area contributed by atoms with E-state index in [0.717, 1.165) is 0 Å². The molecule has 0 bridgehead atoms. The summed E-state index contributed by atoms with van der Waals surface area (Å²) in [5.74, 6) is 0. The average molecular weight is 284 g/mol. The lowest BCUT2D eigenvalue weighted by atomic mass is 10.1. The first kappa shape index (κ1) is 14.6. The molecule has 1 aromatic rings. The lowest BCUT2D eigenvalue weighted by Gasteiger charge is -2.13. The molecule has 18 heavy (non-hydrogen) atoms. The molecular weight excluding hydrogens is 273 g/mol. The molecule has 5 nitrogen and oxygen atoms in total. The lowest BCUT2D eigenvalue weighted by molar-refractivity contribution is 0.607. The Kier molecular flexibility index (Phi) is 6.34. The van der Waals surface area contributed by atoms with Gasteiger partial charge in [0.1, 0.15) is 6.04 Å². The molecule has 0 spiro atoms. The largest absolute Gasteiger partial charge is 0.298 e. The summed E-state index contributed by atoms with van der Waals surface area (Å²) >= 11 is 11.8. The van der Waals surface area contributed by atoms with Gasteiger partial charge < -0.3 is 0 Å². The maximum atomic E-state index is 9.09. The molecule has 1 unspecified atom stereocenters. The molecule has 0 fully saturated rings. The Bertz CT molecular complexity index is 491. The van der Waals surface area contributed by atoms with Gasteiger partial charge >= 0.3 is 0 Å². The summed E-state index contributed by atoms with van der Waals surface area (Å²) in [5.41, 5.74) is 8.80. The third kappa shape index (κ3) is 4.44. The van der Waals surface area contributed by atoms with E-state index in [2.05, 4.69) is 21.4 Å². The molecular formula is C11H11Cl2N5. The van der Waals surface area contributed by atoms with Crippen molar-refractivity contribution in [2.45, 2.75) is 12.5 Å². The topological polar surface area (TPSA) is 84.6 Å². The zero-order chi connectivity index (χ0) is 13.4. The van der Waals surface area contributed by atoms with Gasteiger partial charge in [-0.2, -0.15) is 5.26 Å². The SMILES string of the molecule is N#CC(NCCCN=[N+]=[N-])c1ccc(Cl)cc1Cl. The number of hydrogen-bond acceptors (Lipinski definition) is 3. The number of hydrogen-bond donors (Lipinski definition) is 1. The van der Waals surface area contributed by atoms with Crippen molar-refractivity contribution < 1.29 is 0 Å². The van der Waals surface area contributed by atoms with Crippen molar-refractivity contribution in [1.82, 2.24) is 5.32 Å². The highest BCUT2D eigenvalue weighted by Crippen LogP contribution is 2.25. The second-order valence-electron chi connectivity index (χ2n) is 3.49. The molecule has 94 valence electrons. The van der Waals surface area contributed by atoms with Crippen LogP contribution in [0.1, 0.15) is 18.0 Å². The zero-order valence-corrected chi connectivity index (χ0v) is 11.0. The van der Waals surface area contributed by atoms with Gasteiger partial charge in [0.25, 0.3) is 0 Å². The molecule has 0 saturated carbocycles. The van der Waals surface area contributed by atoms with E-state index in [1.807, 2.05) is 0 Å². The third-order valence-corrected chi connectivity index (χ3v) is 2.81. The second-order valence-corrected chi connectivity index (χ2v) is 4.33. The molecule has 0 aliphatic rings. The van der Waals surface area contributed by atoms with Gasteiger partial charge in [0.15, 0.2) is 0 Å². The average Bonchev–Trinajstić information content (AvgIpc) is 2.35. The Morgan fingerprint density at radius 2 is 2.28 bits per heavy atom. The molecule has 0 aliphatic heterocycles. The van der Waals surface area contributed by atoms with Crippen molar-refractivity contribution in [3.05, 3.63) is 44.3 Å². The molecule has 7 heteroatoms. The van der Waals surface area contributed by atoms with Crippen molar-refractivity contribution in [2.24, 2.45) is 5.11 Å². The van der Waals surface area contributed by atoms with Crippen LogP contribution in [-0.2, 0) is 0 Å². The van der Waals surface area contributed by atoms with Gasteiger partial charge in [-0.25, -0.2) is 0 Å². The van der Waals surface area contributed by atoms with Gasteiger partial charge in [0.05, 0.1) is 6.07 Å². The molecule has 0 heterocycles. The van der Waals surface area contributed by atoms with E-state index >= 15 is 0 Å². The number of nitrogens with zero attached hydrogens (tertiary/aromatic N) is 4. The number of azide groups is 1. The Morgan fingerprint density at radius 3 is 2.89 bits per heavy atom. The minimum atomic E-state index is -0.499. The van der Waals surface area contributed by atoms with E-state index < -0.39 is 6.04 Å². The fourth-order valence-corrected chi connectivity index (χ4v) is 1.92. The standard InChI is InChI=1S/C11H11Cl2N5/c12-8-2-3-9(10(13)6-8)11(7-14)16-4-1-5-17-18-15/h2-3,6,11,16H,1,4-5H2. The summed E-state index contributed by atoms with van der Waals surface area (Å²) in [7, 11) is 0. The summed E-state index contributed by atoms with van der Waals surface area (Å²) < 4.78 is 0. The van der Waals surface area contributed by atoms with Gasteiger partial charge in [-0.05, 0) is 30.6 Å². The highest BCUT2D eigenvalue weighted by molar-refractivity contribution is 6.35. The fraction of sp³-hybridized carbons (Fsp3) is 0.364. The Labute approximate surface area is 115 Å². The van der Waals surface area contributed by atoms with Crippen molar-refractivity contribution in [1.29, 1.82) is 5.26 Å². The lowest BCUT2D eigenvalue weighted by Crippen LogP contribution is -2.21. The van der Waals surface area contributed by atoms with Crippen LogP contribution in [0.4, 0.5) is 0 Å². The van der Waals surface area contributed by atoms with Crippen LogP contribution in [0.5, 0.6) is 0 Å². The summed E-state index contributed by atoms with van der Waals surface area (Å²) in [5, 5.41) is 16.5. The van der Waals surface area contributed by atoms with Crippen LogP contribution in [-0.4, -0.2) is 13.1 Å². The highest BCUT2D eigenvalue weighted by atomic mass is 35.5. The number of nitrogens with one attached hydrogen (secondary N) is 1. The smallest absolute Gasteiger partial charge is 0.122 e. The first-order valence-corrected chi connectivity index (χ1v) is 6.03.